The molecule has 70 valence electrons. The Bertz CT molecular complexity index is 265. The number of morpholine rings is 1. The van der Waals surface area contributed by atoms with E-state index in [0.29, 0.717) is 0 Å². The molecular weight excluding hydrogens is 164 g/mol. The summed E-state index contributed by atoms with van der Waals surface area (Å²) in [5.41, 5.74) is 2.27. The molecule has 1 aromatic heterocycles. The standard InChI is InChI=1S/C10H14N2O/c1-8-2-3-9(12-6-8)10-7-13-5-4-11-10/h2-3,6,10-11H,4-5,7H2,1H3/t10-/m0/s1. The Hall–Kier alpha value is -0.930. The second-order valence-corrected chi connectivity index (χ2v) is 3.34. The molecule has 0 bridgehead atoms. The quantitative estimate of drug-likeness (QED) is 0.698. The Morgan fingerprint density at radius 1 is 1.54 bits per heavy atom. The maximum Gasteiger partial charge on any atom is 0.0733 e. The molecule has 1 fully saturated rings. The first-order valence-corrected chi connectivity index (χ1v) is 4.60. The van der Waals surface area contributed by atoms with Crippen LogP contribution in [0.4, 0.5) is 0 Å². The average Bonchev–Trinajstić information content (AvgIpc) is 2.20. The van der Waals surface area contributed by atoms with Crippen LogP contribution in [0.2, 0.25) is 0 Å². The molecule has 1 aliphatic heterocycles. The molecule has 1 aromatic rings. The molecule has 1 atom stereocenters. The normalized spacial score (nSPS) is 23.0. The summed E-state index contributed by atoms with van der Waals surface area (Å²) in [6, 6.07) is 4.41. The van der Waals surface area contributed by atoms with Crippen molar-refractivity contribution in [1.82, 2.24) is 10.3 Å². The van der Waals surface area contributed by atoms with Crippen molar-refractivity contribution in [3.63, 3.8) is 0 Å². The van der Waals surface area contributed by atoms with Crippen molar-refractivity contribution in [3.8, 4) is 0 Å². The summed E-state index contributed by atoms with van der Waals surface area (Å²) in [6.07, 6.45) is 1.89. The fraction of sp³-hybridized carbons (Fsp3) is 0.500. The predicted octanol–water partition coefficient (Wildman–Crippen LogP) is 1.05. The number of ether oxygens (including phenoxy) is 1. The van der Waals surface area contributed by atoms with Crippen LogP contribution in [-0.4, -0.2) is 24.7 Å². The molecular formula is C10H14N2O. The van der Waals surface area contributed by atoms with Crippen LogP contribution in [0.15, 0.2) is 18.3 Å². The number of hydrogen-bond acceptors (Lipinski definition) is 3. The fourth-order valence-corrected chi connectivity index (χ4v) is 1.44. The summed E-state index contributed by atoms with van der Waals surface area (Å²) >= 11 is 0. The molecule has 3 nitrogen and oxygen atoms in total. The first-order chi connectivity index (χ1) is 6.36. The van der Waals surface area contributed by atoms with E-state index in [4.69, 9.17) is 4.74 Å². The maximum atomic E-state index is 5.36. The van der Waals surface area contributed by atoms with E-state index in [-0.39, 0.29) is 6.04 Å². The van der Waals surface area contributed by atoms with Crippen LogP contribution >= 0.6 is 0 Å². The Kier molecular flexibility index (Phi) is 2.57. The molecule has 13 heavy (non-hydrogen) atoms. The molecule has 0 spiro atoms. The third-order valence-electron chi connectivity index (χ3n) is 2.21. The predicted molar refractivity (Wildman–Crippen MR) is 50.5 cm³/mol. The van der Waals surface area contributed by atoms with Crippen molar-refractivity contribution >= 4 is 0 Å². The molecule has 0 aliphatic carbocycles. The van der Waals surface area contributed by atoms with Gasteiger partial charge < -0.3 is 10.1 Å². The Morgan fingerprint density at radius 2 is 2.46 bits per heavy atom. The number of hydrogen-bond donors (Lipinski definition) is 1. The highest BCUT2D eigenvalue weighted by Crippen LogP contribution is 2.12. The minimum absolute atomic E-state index is 0.273. The molecule has 2 heterocycles. The lowest BCUT2D eigenvalue weighted by Crippen LogP contribution is -2.35. The molecule has 0 saturated carbocycles. The van der Waals surface area contributed by atoms with E-state index in [9.17, 15) is 0 Å². The van der Waals surface area contributed by atoms with E-state index < -0.39 is 0 Å². The monoisotopic (exact) mass is 178 g/mol. The smallest absolute Gasteiger partial charge is 0.0733 e. The van der Waals surface area contributed by atoms with E-state index in [1.807, 2.05) is 13.1 Å². The van der Waals surface area contributed by atoms with Gasteiger partial charge >= 0.3 is 0 Å². The first kappa shape index (κ1) is 8.66. The summed E-state index contributed by atoms with van der Waals surface area (Å²) in [7, 11) is 0. The van der Waals surface area contributed by atoms with Gasteiger partial charge in [0.2, 0.25) is 0 Å². The maximum absolute atomic E-state index is 5.36. The summed E-state index contributed by atoms with van der Waals surface area (Å²) in [4.78, 5) is 4.36. The lowest BCUT2D eigenvalue weighted by molar-refractivity contribution is 0.0756. The summed E-state index contributed by atoms with van der Waals surface area (Å²) in [5.74, 6) is 0. The first-order valence-electron chi connectivity index (χ1n) is 4.60. The van der Waals surface area contributed by atoms with Crippen LogP contribution in [0, 0.1) is 6.92 Å². The van der Waals surface area contributed by atoms with Gasteiger partial charge in [0.15, 0.2) is 0 Å². The molecule has 3 heteroatoms. The van der Waals surface area contributed by atoms with Gasteiger partial charge in [0, 0.05) is 12.7 Å². The van der Waals surface area contributed by atoms with Crippen LogP contribution in [0.5, 0.6) is 0 Å². The zero-order valence-electron chi connectivity index (χ0n) is 7.79. The minimum atomic E-state index is 0.273. The topological polar surface area (TPSA) is 34.1 Å². The second kappa shape index (κ2) is 3.85. The Morgan fingerprint density at radius 3 is 3.08 bits per heavy atom. The van der Waals surface area contributed by atoms with Crippen molar-refractivity contribution < 1.29 is 4.74 Å². The van der Waals surface area contributed by atoms with Crippen LogP contribution in [0.3, 0.4) is 0 Å². The Balaban J connectivity index is 2.10. The highest BCUT2D eigenvalue weighted by atomic mass is 16.5. The van der Waals surface area contributed by atoms with Gasteiger partial charge in [-0.1, -0.05) is 6.07 Å². The van der Waals surface area contributed by atoms with E-state index in [1.165, 1.54) is 5.56 Å². The highest BCUT2D eigenvalue weighted by Gasteiger charge is 2.15. The largest absolute Gasteiger partial charge is 0.378 e. The summed E-state index contributed by atoms with van der Waals surface area (Å²) < 4.78 is 5.36. The molecule has 0 radical (unpaired) electrons. The highest BCUT2D eigenvalue weighted by molar-refractivity contribution is 5.15. The number of pyridine rings is 1. The van der Waals surface area contributed by atoms with Gasteiger partial charge in [-0.2, -0.15) is 0 Å². The van der Waals surface area contributed by atoms with Crippen molar-refractivity contribution in [2.75, 3.05) is 19.8 Å². The van der Waals surface area contributed by atoms with Gasteiger partial charge in [-0.15, -0.1) is 0 Å². The van der Waals surface area contributed by atoms with Crippen molar-refractivity contribution in [2.45, 2.75) is 13.0 Å². The fourth-order valence-electron chi connectivity index (χ4n) is 1.44. The van der Waals surface area contributed by atoms with Crippen LogP contribution in [0.25, 0.3) is 0 Å². The second-order valence-electron chi connectivity index (χ2n) is 3.34. The Labute approximate surface area is 78.1 Å². The zero-order chi connectivity index (χ0) is 9.10. The zero-order valence-corrected chi connectivity index (χ0v) is 7.79. The lowest BCUT2D eigenvalue weighted by Gasteiger charge is -2.23. The van der Waals surface area contributed by atoms with Crippen molar-refractivity contribution in [2.24, 2.45) is 0 Å². The van der Waals surface area contributed by atoms with E-state index in [0.717, 1.165) is 25.5 Å². The van der Waals surface area contributed by atoms with Gasteiger partial charge in [-0.3, -0.25) is 4.98 Å². The molecule has 0 amide bonds. The summed E-state index contributed by atoms with van der Waals surface area (Å²) in [5, 5.41) is 3.37. The SMILES string of the molecule is Cc1ccc([C@@H]2COCCN2)nc1. The third kappa shape index (κ3) is 2.05. The number of aryl methyl sites for hydroxylation is 1. The molecule has 1 N–H and O–H groups in total. The van der Waals surface area contributed by atoms with E-state index >= 15 is 0 Å². The van der Waals surface area contributed by atoms with Gasteiger partial charge in [-0.25, -0.2) is 0 Å². The number of nitrogens with zero attached hydrogens (tertiary/aromatic N) is 1. The number of aromatic nitrogens is 1. The third-order valence-corrected chi connectivity index (χ3v) is 2.21. The molecule has 2 rings (SSSR count). The van der Waals surface area contributed by atoms with Gasteiger partial charge in [-0.05, 0) is 18.6 Å². The number of rotatable bonds is 1. The number of nitrogens with one attached hydrogen (secondary N) is 1. The van der Waals surface area contributed by atoms with Gasteiger partial charge in [0.25, 0.3) is 0 Å². The molecule has 1 saturated heterocycles. The lowest BCUT2D eigenvalue weighted by atomic mass is 10.1. The summed E-state index contributed by atoms with van der Waals surface area (Å²) in [6.45, 7) is 4.50. The molecule has 0 aromatic carbocycles. The van der Waals surface area contributed by atoms with Crippen LogP contribution < -0.4 is 5.32 Å². The van der Waals surface area contributed by atoms with Crippen molar-refractivity contribution in [3.05, 3.63) is 29.6 Å². The van der Waals surface area contributed by atoms with E-state index in [1.54, 1.807) is 0 Å². The van der Waals surface area contributed by atoms with E-state index in [2.05, 4.69) is 22.4 Å². The van der Waals surface area contributed by atoms with Crippen molar-refractivity contribution in [1.29, 1.82) is 0 Å². The average molecular weight is 178 g/mol. The van der Waals surface area contributed by atoms with Crippen LogP contribution in [0.1, 0.15) is 17.3 Å². The minimum Gasteiger partial charge on any atom is -0.378 e. The van der Waals surface area contributed by atoms with Gasteiger partial charge in [0.1, 0.15) is 0 Å². The molecule has 1 aliphatic rings. The molecule has 0 unspecified atom stereocenters. The van der Waals surface area contributed by atoms with Gasteiger partial charge in [0.05, 0.1) is 24.9 Å². The van der Waals surface area contributed by atoms with Crippen LogP contribution in [-0.2, 0) is 4.74 Å².